The Bertz CT molecular complexity index is 403. The van der Waals surface area contributed by atoms with E-state index in [1.54, 1.807) is 17.0 Å². The summed E-state index contributed by atoms with van der Waals surface area (Å²) >= 11 is 5.87. The Morgan fingerprint density at radius 1 is 1.53 bits per heavy atom. The van der Waals surface area contributed by atoms with Gasteiger partial charge in [-0.15, -0.1) is 11.6 Å². The molecule has 96 valence electrons. The molecule has 0 aliphatic rings. The fraction of sp³-hybridized carbons (Fsp3) is 0.667. The summed E-state index contributed by atoms with van der Waals surface area (Å²) in [6.45, 7) is 6.88. The first kappa shape index (κ1) is 14.0. The molecule has 1 rings (SSSR count). The van der Waals surface area contributed by atoms with Crippen LogP contribution in [0.3, 0.4) is 0 Å². The molecule has 0 aliphatic carbocycles. The van der Waals surface area contributed by atoms with E-state index in [1.807, 2.05) is 6.92 Å². The third-order valence-corrected chi connectivity index (χ3v) is 3.00. The monoisotopic (exact) mass is 257 g/mol. The molecular weight excluding hydrogens is 238 g/mol. The fourth-order valence-electron chi connectivity index (χ4n) is 1.52. The summed E-state index contributed by atoms with van der Waals surface area (Å²) in [5, 5.41) is 3.12. The number of hydrogen-bond acceptors (Lipinski definition) is 3. The molecule has 1 aromatic rings. The van der Waals surface area contributed by atoms with E-state index in [0.29, 0.717) is 24.2 Å². The van der Waals surface area contributed by atoms with Crippen LogP contribution in [-0.2, 0) is 6.54 Å². The smallest absolute Gasteiger partial charge is 0.293 e. The fourth-order valence-corrected chi connectivity index (χ4v) is 1.96. The molecule has 0 fully saturated rings. The first-order valence-corrected chi connectivity index (χ1v) is 6.51. The molecule has 0 saturated heterocycles. The van der Waals surface area contributed by atoms with E-state index in [2.05, 4.69) is 24.1 Å². The molecule has 5 heteroatoms. The molecule has 1 atom stereocenters. The molecule has 1 aromatic heterocycles. The molecule has 4 nitrogen and oxygen atoms in total. The maximum Gasteiger partial charge on any atom is 0.293 e. The van der Waals surface area contributed by atoms with Crippen molar-refractivity contribution in [3.05, 3.63) is 22.7 Å². The Balaban J connectivity index is 2.91. The molecule has 1 heterocycles. The van der Waals surface area contributed by atoms with E-state index in [9.17, 15) is 4.79 Å². The van der Waals surface area contributed by atoms with Crippen molar-refractivity contribution < 1.29 is 0 Å². The van der Waals surface area contributed by atoms with Gasteiger partial charge in [-0.05, 0) is 12.3 Å². The Kier molecular flexibility index (Phi) is 5.48. The van der Waals surface area contributed by atoms with Crippen LogP contribution in [0.2, 0.25) is 0 Å². The molecular formula is C12H20ClN3O. The molecule has 0 aliphatic heterocycles. The lowest BCUT2D eigenvalue weighted by molar-refractivity contribution is 0.559. The van der Waals surface area contributed by atoms with Crippen molar-refractivity contribution in [3.8, 4) is 0 Å². The zero-order chi connectivity index (χ0) is 12.8. The third kappa shape index (κ3) is 3.73. The molecule has 17 heavy (non-hydrogen) atoms. The Morgan fingerprint density at radius 3 is 2.76 bits per heavy atom. The van der Waals surface area contributed by atoms with Gasteiger partial charge >= 0.3 is 0 Å². The number of aromatic nitrogens is 2. The van der Waals surface area contributed by atoms with Crippen molar-refractivity contribution in [1.29, 1.82) is 0 Å². The second kappa shape index (κ2) is 6.64. The van der Waals surface area contributed by atoms with Gasteiger partial charge in [0.15, 0.2) is 5.82 Å². The van der Waals surface area contributed by atoms with Crippen molar-refractivity contribution in [1.82, 2.24) is 9.55 Å². The summed E-state index contributed by atoms with van der Waals surface area (Å²) in [5.74, 6) is 1.20. The van der Waals surface area contributed by atoms with E-state index in [4.69, 9.17) is 11.6 Å². The zero-order valence-corrected chi connectivity index (χ0v) is 11.4. The van der Waals surface area contributed by atoms with Crippen molar-refractivity contribution >= 4 is 17.4 Å². The van der Waals surface area contributed by atoms with Crippen LogP contribution in [0, 0.1) is 5.92 Å². The largest absolute Gasteiger partial charge is 0.361 e. The third-order valence-electron chi connectivity index (χ3n) is 2.67. The average molecular weight is 258 g/mol. The number of aryl methyl sites for hydroxylation is 1. The molecule has 0 radical (unpaired) electrons. The Labute approximate surface area is 107 Å². The lowest BCUT2D eigenvalue weighted by atomic mass is 10.1. The van der Waals surface area contributed by atoms with E-state index >= 15 is 0 Å². The zero-order valence-electron chi connectivity index (χ0n) is 10.6. The van der Waals surface area contributed by atoms with Gasteiger partial charge in [0.05, 0.1) is 0 Å². The lowest BCUT2D eigenvalue weighted by Gasteiger charge is -2.20. The number of hydrogen-bond donors (Lipinski definition) is 1. The lowest BCUT2D eigenvalue weighted by Crippen LogP contribution is -2.33. The molecule has 1 N–H and O–H groups in total. The second-order valence-electron chi connectivity index (χ2n) is 4.42. The number of anilines is 1. The quantitative estimate of drug-likeness (QED) is 0.796. The summed E-state index contributed by atoms with van der Waals surface area (Å²) < 4.78 is 1.67. The van der Waals surface area contributed by atoms with E-state index in [-0.39, 0.29) is 11.6 Å². The molecule has 0 saturated carbocycles. The standard InChI is InChI=1S/C12H20ClN3O/c1-4-6-16-7-5-14-11(12(16)17)15-10(8-13)9(2)3/h5,7,9-10H,4,6,8H2,1-3H3,(H,14,15). The van der Waals surface area contributed by atoms with E-state index < -0.39 is 0 Å². The number of halogens is 1. The van der Waals surface area contributed by atoms with Gasteiger partial charge in [-0.25, -0.2) is 4.98 Å². The van der Waals surface area contributed by atoms with Crippen LogP contribution in [-0.4, -0.2) is 21.5 Å². The molecule has 0 spiro atoms. The number of rotatable bonds is 6. The van der Waals surface area contributed by atoms with Crippen LogP contribution in [0.15, 0.2) is 17.2 Å². The predicted octanol–water partition coefficient (Wildman–Crippen LogP) is 2.33. The predicted molar refractivity (Wildman–Crippen MR) is 71.8 cm³/mol. The van der Waals surface area contributed by atoms with Crippen LogP contribution < -0.4 is 10.9 Å². The first-order valence-electron chi connectivity index (χ1n) is 5.98. The summed E-state index contributed by atoms with van der Waals surface area (Å²) in [7, 11) is 0. The second-order valence-corrected chi connectivity index (χ2v) is 4.73. The van der Waals surface area contributed by atoms with E-state index in [1.165, 1.54) is 0 Å². The number of nitrogens with zero attached hydrogens (tertiary/aromatic N) is 2. The number of nitrogens with one attached hydrogen (secondary N) is 1. The highest BCUT2D eigenvalue weighted by Crippen LogP contribution is 2.08. The minimum Gasteiger partial charge on any atom is -0.361 e. The molecule has 0 bridgehead atoms. The molecule has 1 unspecified atom stereocenters. The van der Waals surface area contributed by atoms with E-state index in [0.717, 1.165) is 6.42 Å². The highest BCUT2D eigenvalue weighted by molar-refractivity contribution is 6.18. The van der Waals surface area contributed by atoms with Crippen molar-refractivity contribution in [2.45, 2.75) is 39.8 Å². The van der Waals surface area contributed by atoms with Gasteiger partial charge in [0, 0.05) is 30.9 Å². The van der Waals surface area contributed by atoms with Crippen LogP contribution in [0.1, 0.15) is 27.2 Å². The highest BCUT2D eigenvalue weighted by Gasteiger charge is 2.14. The van der Waals surface area contributed by atoms with Crippen LogP contribution in [0.25, 0.3) is 0 Å². The van der Waals surface area contributed by atoms with Gasteiger partial charge < -0.3 is 9.88 Å². The van der Waals surface area contributed by atoms with Gasteiger partial charge in [-0.3, -0.25) is 4.79 Å². The Morgan fingerprint density at radius 2 is 2.24 bits per heavy atom. The van der Waals surface area contributed by atoms with Gasteiger partial charge in [-0.1, -0.05) is 20.8 Å². The van der Waals surface area contributed by atoms with Crippen molar-refractivity contribution in [2.24, 2.45) is 5.92 Å². The molecule has 0 amide bonds. The van der Waals surface area contributed by atoms with Gasteiger partial charge in [0.25, 0.3) is 5.56 Å². The average Bonchev–Trinajstić information content (AvgIpc) is 2.30. The van der Waals surface area contributed by atoms with Gasteiger partial charge in [-0.2, -0.15) is 0 Å². The maximum atomic E-state index is 12.0. The SMILES string of the molecule is CCCn1ccnc(NC(CCl)C(C)C)c1=O. The van der Waals surface area contributed by atoms with Gasteiger partial charge in [0.1, 0.15) is 0 Å². The van der Waals surface area contributed by atoms with Crippen LogP contribution in [0.4, 0.5) is 5.82 Å². The Hall–Kier alpha value is -1.03. The summed E-state index contributed by atoms with van der Waals surface area (Å²) in [6.07, 6.45) is 4.28. The topological polar surface area (TPSA) is 46.9 Å². The minimum atomic E-state index is -0.0786. The summed E-state index contributed by atoms with van der Waals surface area (Å²) in [6, 6.07) is 0.0642. The summed E-state index contributed by atoms with van der Waals surface area (Å²) in [4.78, 5) is 16.1. The highest BCUT2D eigenvalue weighted by atomic mass is 35.5. The first-order chi connectivity index (χ1) is 8.10. The summed E-state index contributed by atoms with van der Waals surface area (Å²) in [5.41, 5.74) is -0.0786. The van der Waals surface area contributed by atoms with Gasteiger partial charge in [0.2, 0.25) is 0 Å². The molecule has 0 aromatic carbocycles. The van der Waals surface area contributed by atoms with Crippen LogP contribution in [0.5, 0.6) is 0 Å². The van der Waals surface area contributed by atoms with Crippen LogP contribution >= 0.6 is 11.6 Å². The van der Waals surface area contributed by atoms with Crippen molar-refractivity contribution in [3.63, 3.8) is 0 Å². The van der Waals surface area contributed by atoms with Crippen molar-refractivity contribution in [2.75, 3.05) is 11.2 Å². The number of alkyl halides is 1. The minimum absolute atomic E-state index is 0.0642. The maximum absolute atomic E-state index is 12.0. The normalized spacial score (nSPS) is 12.8.